The number of carbonyl (C=O) groups excluding carboxylic acids is 1. The molecule has 0 spiro atoms. The topological polar surface area (TPSA) is 35.5 Å². The molecule has 4 heteroatoms. The van der Waals surface area contributed by atoms with Gasteiger partial charge in [-0.25, -0.2) is 0 Å². The second kappa shape index (κ2) is 23.2. The minimum Gasteiger partial charge on any atom is -0.494 e. The SMILES string of the molecule is CCCCCCCCCCCCCCc1ccc(OCCCCOC(=O)CCCC[N+](C)(C)Cc2ccccc2)cc1. The first-order chi connectivity index (χ1) is 20.5. The molecule has 0 unspecified atom stereocenters. The first kappa shape index (κ1) is 35.9. The second-order valence-corrected chi connectivity index (χ2v) is 12.8. The van der Waals surface area contributed by atoms with Crippen LogP contribution in [0.1, 0.15) is 127 Å². The highest BCUT2D eigenvalue weighted by molar-refractivity contribution is 5.69. The second-order valence-electron chi connectivity index (χ2n) is 12.8. The number of aryl methyl sites for hydroxylation is 1. The van der Waals surface area contributed by atoms with Crippen molar-refractivity contribution < 1.29 is 18.8 Å². The van der Waals surface area contributed by atoms with Crippen molar-refractivity contribution in [3.63, 3.8) is 0 Å². The Morgan fingerprint density at radius 2 is 1.21 bits per heavy atom. The number of nitrogens with zero attached hydrogens (tertiary/aromatic N) is 1. The molecular formula is C38H62NO3+. The number of unbranched alkanes of at least 4 members (excludes halogenated alkanes) is 13. The summed E-state index contributed by atoms with van der Waals surface area (Å²) in [6.45, 7) is 5.49. The molecule has 0 aliphatic carbocycles. The molecule has 0 saturated carbocycles. The summed E-state index contributed by atoms with van der Waals surface area (Å²) in [4.78, 5) is 12.1. The van der Waals surface area contributed by atoms with Crippen molar-refractivity contribution in [2.75, 3.05) is 33.9 Å². The Balaban J connectivity index is 1.39. The summed E-state index contributed by atoms with van der Waals surface area (Å²) in [5.41, 5.74) is 2.76. The van der Waals surface area contributed by atoms with E-state index >= 15 is 0 Å². The van der Waals surface area contributed by atoms with E-state index in [0.717, 1.165) is 55.4 Å². The van der Waals surface area contributed by atoms with Crippen LogP contribution >= 0.6 is 0 Å². The third kappa shape index (κ3) is 19.0. The zero-order valence-corrected chi connectivity index (χ0v) is 27.4. The standard InChI is InChI=1S/C38H62NO3/c1-4-5-6-7-8-9-10-11-12-13-14-16-23-35-27-29-37(30-28-35)41-32-21-22-33-42-38(40)26-19-20-31-39(2,3)34-36-24-17-15-18-25-36/h15,17-18,24-25,27-30H,4-14,16,19-23,26,31-34H2,1-3H3/q+1. The summed E-state index contributed by atoms with van der Waals surface area (Å²) >= 11 is 0. The molecule has 0 heterocycles. The maximum atomic E-state index is 12.1. The average molecular weight is 581 g/mol. The number of quaternary nitrogens is 1. The van der Waals surface area contributed by atoms with Gasteiger partial charge in [0.05, 0.1) is 33.9 Å². The van der Waals surface area contributed by atoms with E-state index in [-0.39, 0.29) is 5.97 Å². The highest BCUT2D eigenvalue weighted by Crippen LogP contribution is 2.17. The largest absolute Gasteiger partial charge is 0.494 e. The average Bonchev–Trinajstić information content (AvgIpc) is 2.98. The lowest BCUT2D eigenvalue weighted by Crippen LogP contribution is -2.39. The van der Waals surface area contributed by atoms with E-state index in [1.807, 2.05) is 0 Å². The maximum absolute atomic E-state index is 12.1. The molecule has 4 nitrogen and oxygen atoms in total. The van der Waals surface area contributed by atoms with E-state index < -0.39 is 0 Å². The molecular weight excluding hydrogens is 518 g/mol. The van der Waals surface area contributed by atoms with Crippen LogP contribution in [-0.4, -0.2) is 44.3 Å². The monoisotopic (exact) mass is 580 g/mol. The third-order valence-electron chi connectivity index (χ3n) is 8.16. The molecule has 236 valence electrons. The number of esters is 1. The summed E-state index contributed by atoms with van der Waals surface area (Å²) in [6.07, 6.45) is 22.0. The molecule has 2 rings (SSSR count). The van der Waals surface area contributed by atoms with Gasteiger partial charge in [0, 0.05) is 12.0 Å². The molecule has 2 aromatic rings. The predicted molar refractivity (Wildman–Crippen MR) is 178 cm³/mol. The van der Waals surface area contributed by atoms with E-state index in [9.17, 15) is 4.79 Å². The van der Waals surface area contributed by atoms with Gasteiger partial charge >= 0.3 is 5.97 Å². The maximum Gasteiger partial charge on any atom is 0.305 e. The highest BCUT2D eigenvalue weighted by Gasteiger charge is 2.15. The summed E-state index contributed by atoms with van der Waals surface area (Å²) in [6, 6.07) is 19.2. The van der Waals surface area contributed by atoms with Crippen LogP contribution in [0.25, 0.3) is 0 Å². The Kier molecular flexibility index (Phi) is 19.8. The Morgan fingerprint density at radius 1 is 0.619 bits per heavy atom. The molecule has 0 saturated heterocycles. The van der Waals surface area contributed by atoms with Crippen LogP contribution in [0.2, 0.25) is 0 Å². The van der Waals surface area contributed by atoms with Crippen LogP contribution in [0.15, 0.2) is 54.6 Å². The fourth-order valence-corrected chi connectivity index (χ4v) is 5.54. The van der Waals surface area contributed by atoms with Crippen LogP contribution < -0.4 is 4.74 Å². The first-order valence-corrected chi connectivity index (χ1v) is 17.2. The Labute approximate surface area is 258 Å². The van der Waals surface area contributed by atoms with E-state index in [1.54, 1.807) is 0 Å². The van der Waals surface area contributed by atoms with Crippen LogP contribution in [0.3, 0.4) is 0 Å². The molecule has 0 aliphatic heterocycles. The number of ether oxygens (including phenoxy) is 2. The van der Waals surface area contributed by atoms with Crippen LogP contribution in [-0.2, 0) is 22.5 Å². The molecule has 0 radical (unpaired) electrons. The molecule has 42 heavy (non-hydrogen) atoms. The molecule has 0 atom stereocenters. The van der Waals surface area contributed by atoms with Gasteiger partial charge in [0.15, 0.2) is 0 Å². The molecule has 0 aliphatic rings. The molecule has 2 aromatic carbocycles. The fourth-order valence-electron chi connectivity index (χ4n) is 5.54. The van der Waals surface area contributed by atoms with Crippen molar-refractivity contribution in [3.05, 3.63) is 65.7 Å². The lowest BCUT2D eigenvalue weighted by molar-refractivity contribution is -0.903. The smallest absolute Gasteiger partial charge is 0.305 e. The number of rotatable bonds is 26. The molecule has 0 bridgehead atoms. The number of hydrogen-bond acceptors (Lipinski definition) is 3. The van der Waals surface area contributed by atoms with Gasteiger partial charge in [-0.1, -0.05) is 120 Å². The summed E-state index contributed by atoms with van der Waals surface area (Å²) < 4.78 is 12.3. The van der Waals surface area contributed by atoms with Gasteiger partial charge in [-0.3, -0.25) is 4.79 Å². The Morgan fingerprint density at radius 3 is 1.86 bits per heavy atom. The fraction of sp³-hybridized carbons (Fsp3) is 0.658. The third-order valence-corrected chi connectivity index (χ3v) is 8.16. The van der Waals surface area contributed by atoms with Crippen molar-refractivity contribution >= 4 is 5.97 Å². The van der Waals surface area contributed by atoms with E-state index in [1.165, 1.54) is 88.2 Å². The quantitative estimate of drug-likeness (QED) is 0.0631. The minimum absolute atomic E-state index is 0.0759. The zero-order valence-electron chi connectivity index (χ0n) is 27.4. The number of carbonyl (C=O) groups is 1. The van der Waals surface area contributed by atoms with Gasteiger partial charge in [0.2, 0.25) is 0 Å². The van der Waals surface area contributed by atoms with Crippen LogP contribution in [0, 0.1) is 0 Å². The number of benzene rings is 2. The Bertz CT molecular complexity index is 910. The van der Waals surface area contributed by atoms with Gasteiger partial charge in [-0.05, 0) is 56.2 Å². The predicted octanol–water partition coefficient (Wildman–Crippen LogP) is 10.1. The van der Waals surface area contributed by atoms with Crippen molar-refractivity contribution in [2.24, 2.45) is 0 Å². The van der Waals surface area contributed by atoms with E-state index in [2.05, 4.69) is 75.6 Å². The van der Waals surface area contributed by atoms with Crippen LogP contribution in [0.5, 0.6) is 5.75 Å². The van der Waals surface area contributed by atoms with Gasteiger partial charge < -0.3 is 14.0 Å². The lowest BCUT2D eigenvalue weighted by atomic mass is 10.0. The zero-order chi connectivity index (χ0) is 30.1. The van der Waals surface area contributed by atoms with E-state index in [4.69, 9.17) is 9.47 Å². The number of hydrogen-bond donors (Lipinski definition) is 0. The highest BCUT2D eigenvalue weighted by atomic mass is 16.5. The first-order valence-electron chi connectivity index (χ1n) is 17.2. The van der Waals surface area contributed by atoms with Crippen molar-refractivity contribution in [2.45, 2.75) is 129 Å². The molecule has 0 N–H and O–H groups in total. The van der Waals surface area contributed by atoms with Crippen molar-refractivity contribution in [1.29, 1.82) is 0 Å². The molecule has 0 aromatic heterocycles. The minimum atomic E-state index is -0.0759. The Hall–Kier alpha value is -2.33. The van der Waals surface area contributed by atoms with Gasteiger partial charge in [-0.2, -0.15) is 0 Å². The van der Waals surface area contributed by atoms with Gasteiger partial charge in [0.1, 0.15) is 12.3 Å². The van der Waals surface area contributed by atoms with Gasteiger partial charge in [0.25, 0.3) is 0 Å². The van der Waals surface area contributed by atoms with Crippen molar-refractivity contribution in [1.82, 2.24) is 0 Å². The summed E-state index contributed by atoms with van der Waals surface area (Å²) in [5.74, 6) is 0.854. The lowest BCUT2D eigenvalue weighted by Gasteiger charge is -2.30. The summed E-state index contributed by atoms with van der Waals surface area (Å²) in [7, 11) is 4.50. The summed E-state index contributed by atoms with van der Waals surface area (Å²) in [5, 5.41) is 0. The van der Waals surface area contributed by atoms with Crippen LogP contribution in [0.4, 0.5) is 0 Å². The van der Waals surface area contributed by atoms with E-state index in [0.29, 0.717) is 19.6 Å². The molecule has 0 fully saturated rings. The van der Waals surface area contributed by atoms with Gasteiger partial charge in [-0.15, -0.1) is 0 Å². The van der Waals surface area contributed by atoms with Crippen molar-refractivity contribution in [3.8, 4) is 5.75 Å². The normalized spacial score (nSPS) is 11.5. The molecule has 0 amide bonds.